The summed E-state index contributed by atoms with van der Waals surface area (Å²) in [5, 5.41) is 30.2. The number of nitrogens with zero attached hydrogens (tertiary/aromatic N) is 1. The number of nitro benzene ring substituents is 1. The van der Waals surface area contributed by atoms with Crippen molar-refractivity contribution in [2.45, 2.75) is 0 Å². The van der Waals surface area contributed by atoms with E-state index in [-0.39, 0.29) is 11.4 Å². The number of carboxylic acid groups (broad SMARTS) is 1. The number of phenols is 1. The SMILES string of the molecule is O=C(O)/C=C/C(=O)Nc1cc(O)ccc1[N+](=O)[O-]. The summed E-state index contributed by atoms with van der Waals surface area (Å²) in [6, 6.07) is 3.11. The fraction of sp³-hybridized carbons (Fsp3) is 0. The van der Waals surface area contributed by atoms with Gasteiger partial charge in [-0.3, -0.25) is 14.9 Å². The van der Waals surface area contributed by atoms with Gasteiger partial charge in [0.25, 0.3) is 5.69 Å². The first-order valence-electron chi connectivity index (χ1n) is 4.59. The van der Waals surface area contributed by atoms with E-state index in [0.29, 0.717) is 12.2 Å². The molecule has 0 saturated heterocycles. The van der Waals surface area contributed by atoms with Crippen molar-refractivity contribution in [3.8, 4) is 5.75 Å². The summed E-state index contributed by atoms with van der Waals surface area (Å²) >= 11 is 0. The standard InChI is InChI=1S/C10H8N2O6/c13-6-1-2-8(12(17)18)7(5-6)11-9(14)3-4-10(15)16/h1-5,13H,(H,11,14)(H,15,16)/b4-3+. The number of benzene rings is 1. The minimum atomic E-state index is -1.32. The topological polar surface area (TPSA) is 130 Å². The lowest BCUT2D eigenvalue weighted by atomic mass is 10.2. The molecule has 0 atom stereocenters. The summed E-state index contributed by atoms with van der Waals surface area (Å²) in [7, 11) is 0. The van der Waals surface area contributed by atoms with E-state index >= 15 is 0 Å². The molecule has 8 heteroatoms. The van der Waals surface area contributed by atoms with Crippen LogP contribution in [0, 0.1) is 10.1 Å². The summed E-state index contributed by atoms with van der Waals surface area (Å²) in [5.41, 5.74) is -0.634. The van der Waals surface area contributed by atoms with Gasteiger partial charge in [-0.1, -0.05) is 0 Å². The van der Waals surface area contributed by atoms with Crippen LogP contribution in [0.1, 0.15) is 0 Å². The van der Waals surface area contributed by atoms with Crippen LogP contribution in [0.2, 0.25) is 0 Å². The third-order valence-electron chi connectivity index (χ3n) is 1.81. The molecule has 0 aromatic heterocycles. The first-order valence-corrected chi connectivity index (χ1v) is 4.59. The second-order valence-corrected chi connectivity index (χ2v) is 3.12. The molecule has 0 aliphatic rings. The summed E-state index contributed by atoms with van der Waals surface area (Å²) in [4.78, 5) is 31.3. The molecule has 1 aromatic rings. The fourth-order valence-electron chi connectivity index (χ4n) is 1.10. The Morgan fingerprint density at radius 1 is 1.33 bits per heavy atom. The van der Waals surface area contributed by atoms with Crippen LogP contribution in [0.25, 0.3) is 0 Å². The minimum Gasteiger partial charge on any atom is -0.508 e. The molecule has 0 saturated carbocycles. The highest BCUT2D eigenvalue weighted by molar-refractivity contribution is 6.03. The average molecular weight is 252 g/mol. The van der Waals surface area contributed by atoms with Gasteiger partial charge in [0.05, 0.1) is 4.92 Å². The van der Waals surface area contributed by atoms with E-state index in [1.165, 1.54) is 0 Å². The second kappa shape index (κ2) is 5.43. The van der Waals surface area contributed by atoms with Gasteiger partial charge in [-0.05, 0) is 6.07 Å². The number of hydrogen-bond acceptors (Lipinski definition) is 5. The van der Waals surface area contributed by atoms with Crippen LogP contribution in [0.5, 0.6) is 5.75 Å². The molecule has 0 spiro atoms. The normalized spacial score (nSPS) is 10.2. The molecule has 0 radical (unpaired) electrons. The lowest BCUT2D eigenvalue weighted by Crippen LogP contribution is -2.10. The summed E-state index contributed by atoms with van der Waals surface area (Å²) < 4.78 is 0. The molecule has 0 aliphatic heterocycles. The van der Waals surface area contributed by atoms with Crippen LogP contribution in [0.3, 0.4) is 0 Å². The number of aromatic hydroxyl groups is 1. The van der Waals surface area contributed by atoms with Crippen molar-refractivity contribution >= 4 is 23.3 Å². The average Bonchev–Trinajstić information content (AvgIpc) is 2.26. The van der Waals surface area contributed by atoms with Crippen LogP contribution in [-0.2, 0) is 9.59 Å². The van der Waals surface area contributed by atoms with Crippen LogP contribution >= 0.6 is 0 Å². The van der Waals surface area contributed by atoms with E-state index in [1.807, 2.05) is 0 Å². The van der Waals surface area contributed by atoms with Crippen molar-refractivity contribution in [1.29, 1.82) is 0 Å². The number of nitro groups is 1. The summed E-state index contributed by atoms with van der Waals surface area (Å²) in [6.45, 7) is 0. The van der Waals surface area contributed by atoms with Gasteiger partial charge < -0.3 is 15.5 Å². The van der Waals surface area contributed by atoms with Crippen molar-refractivity contribution in [3.63, 3.8) is 0 Å². The highest BCUT2D eigenvalue weighted by atomic mass is 16.6. The van der Waals surface area contributed by atoms with E-state index in [0.717, 1.165) is 18.2 Å². The third-order valence-corrected chi connectivity index (χ3v) is 1.81. The van der Waals surface area contributed by atoms with Crippen molar-refractivity contribution in [1.82, 2.24) is 0 Å². The van der Waals surface area contributed by atoms with E-state index in [2.05, 4.69) is 5.32 Å². The monoisotopic (exact) mass is 252 g/mol. The Morgan fingerprint density at radius 3 is 2.56 bits per heavy atom. The number of aliphatic carboxylic acids is 1. The number of nitrogens with one attached hydrogen (secondary N) is 1. The number of carbonyl (C=O) groups is 2. The zero-order valence-corrected chi connectivity index (χ0v) is 8.86. The molecule has 0 aliphatic carbocycles. The van der Waals surface area contributed by atoms with Crippen LogP contribution in [0.15, 0.2) is 30.4 Å². The van der Waals surface area contributed by atoms with E-state index in [1.54, 1.807) is 0 Å². The van der Waals surface area contributed by atoms with Crippen LogP contribution in [-0.4, -0.2) is 27.0 Å². The molecule has 1 rings (SSSR count). The highest BCUT2D eigenvalue weighted by Crippen LogP contribution is 2.28. The van der Waals surface area contributed by atoms with Gasteiger partial charge in [-0.15, -0.1) is 0 Å². The molecule has 1 aromatic carbocycles. The Bertz CT molecular complexity index is 537. The number of hydrogen-bond donors (Lipinski definition) is 3. The maximum Gasteiger partial charge on any atom is 0.328 e. The third kappa shape index (κ3) is 3.59. The number of carboxylic acids is 1. The second-order valence-electron chi connectivity index (χ2n) is 3.12. The Balaban J connectivity index is 2.96. The zero-order valence-electron chi connectivity index (χ0n) is 8.86. The number of carbonyl (C=O) groups excluding carboxylic acids is 1. The molecule has 0 bridgehead atoms. The van der Waals surface area contributed by atoms with Gasteiger partial charge in [0.1, 0.15) is 11.4 Å². The van der Waals surface area contributed by atoms with Crippen LogP contribution < -0.4 is 5.32 Å². The molecule has 0 unspecified atom stereocenters. The van der Waals surface area contributed by atoms with Gasteiger partial charge in [0, 0.05) is 24.3 Å². The van der Waals surface area contributed by atoms with Gasteiger partial charge in [0.15, 0.2) is 0 Å². The van der Waals surface area contributed by atoms with Gasteiger partial charge in [-0.2, -0.15) is 0 Å². The maximum atomic E-state index is 11.2. The summed E-state index contributed by atoms with van der Waals surface area (Å²) in [6.07, 6.45) is 1.29. The Labute approximate surface area is 100 Å². The smallest absolute Gasteiger partial charge is 0.328 e. The molecular weight excluding hydrogens is 244 g/mol. The molecule has 0 fully saturated rings. The van der Waals surface area contributed by atoms with Crippen molar-refractivity contribution < 1.29 is 24.7 Å². The number of phenolic OH excluding ortho intramolecular Hbond substituents is 1. The molecule has 8 nitrogen and oxygen atoms in total. The molecule has 0 heterocycles. The maximum absolute atomic E-state index is 11.2. The van der Waals surface area contributed by atoms with E-state index in [4.69, 9.17) is 10.2 Å². The Kier molecular flexibility index (Phi) is 3.98. The summed E-state index contributed by atoms with van der Waals surface area (Å²) in [5.74, 6) is -2.44. The number of amides is 1. The Hall–Kier alpha value is -2.90. The predicted octanol–water partition coefficient (Wildman–Crippen LogP) is 0.880. The lowest BCUT2D eigenvalue weighted by Gasteiger charge is -2.03. The molecule has 1 amide bonds. The fourth-order valence-corrected chi connectivity index (χ4v) is 1.10. The molecule has 3 N–H and O–H groups in total. The quantitative estimate of drug-likeness (QED) is 0.414. The van der Waals surface area contributed by atoms with Crippen LogP contribution in [0.4, 0.5) is 11.4 Å². The highest BCUT2D eigenvalue weighted by Gasteiger charge is 2.15. The van der Waals surface area contributed by atoms with Crippen molar-refractivity contribution in [3.05, 3.63) is 40.5 Å². The molecule has 94 valence electrons. The minimum absolute atomic E-state index is 0.222. The van der Waals surface area contributed by atoms with Gasteiger partial charge in [0.2, 0.25) is 5.91 Å². The lowest BCUT2D eigenvalue weighted by molar-refractivity contribution is -0.383. The first-order chi connectivity index (χ1) is 8.40. The molecule has 18 heavy (non-hydrogen) atoms. The van der Waals surface area contributed by atoms with Gasteiger partial charge >= 0.3 is 5.97 Å². The van der Waals surface area contributed by atoms with E-state index < -0.39 is 22.5 Å². The first kappa shape index (κ1) is 13.2. The predicted molar refractivity (Wildman–Crippen MR) is 60.2 cm³/mol. The largest absolute Gasteiger partial charge is 0.508 e. The molecular formula is C10H8N2O6. The van der Waals surface area contributed by atoms with Crippen molar-refractivity contribution in [2.24, 2.45) is 0 Å². The number of anilines is 1. The van der Waals surface area contributed by atoms with Crippen molar-refractivity contribution in [2.75, 3.05) is 5.32 Å². The Morgan fingerprint density at radius 2 is 2.00 bits per heavy atom. The zero-order chi connectivity index (χ0) is 13.7. The van der Waals surface area contributed by atoms with Gasteiger partial charge in [-0.25, -0.2) is 4.79 Å². The van der Waals surface area contributed by atoms with E-state index in [9.17, 15) is 19.7 Å². The number of rotatable bonds is 4.